The summed E-state index contributed by atoms with van der Waals surface area (Å²) in [4.78, 5) is 12.0. The second-order valence-corrected chi connectivity index (χ2v) is 6.56. The van der Waals surface area contributed by atoms with Crippen molar-refractivity contribution in [2.45, 2.75) is 45.3 Å². The van der Waals surface area contributed by atoms with Crippen LogP contribution in [0.1, 0.15) is 33.6 Å². The summed E-state index contributed by atoms with van der Waals surface area (Å²) < 4.78 is 16.6. The molecule has 1 aliphatic rings. The first kappa shape index (κ1) is 17.4. The van der Waals surface area contributed by atoms with Crippen LogP contribution in [0.3, 0.4) is 0 Å². The number of methoxy groups -OCH3 is 1. The summed E-state index contributed by atoms with van der Waals surface area (Å²) in [5.74, 6) is 1.28. The van der Waals surface area contributed by atoms with Crippen LogP contribution in [0.25, 0.3) is 0 Å². The van der Waals surface area contributed by atoms with Gasteiger partial charge in [0.15, 0.2) is 0 Å². The first-order chi connectivity index (χ1) is 10.9. The zero-order valence-corrected chi connectivity index (χ0v) is 14.3. The highest BCUT2D eigenvalue weighted by atomic mass is 16.6. The molecule has 0 aromatic heterocycles. The van der Waals surface area contributed by atoms with Crippen molar-refractivity contribution in [2.24, 2.45) is 0 Å². The molecular weight excluding hydrogens is 296 g/mol. The Hall–Kier alpha value is -1.95. The zero-order valence-electron chi connectivity index (χ0n) is 14.3. The molecule has 128 valence electrons. The van der Waals surface area contributed by atoms with Gasteiger partial charge < -0.3 is 19.5 Å². The van der Waals surface area contributed by atoms with Gasteiger partial charge in [0.05, 0.1) is 12.8 Å². The van der Waals surface area contributed by atoms with Gasteiger partial charge in [-0.3, -0.25) is 5.32 Å². The first-order valence-electron chi connectivity index (χ1n) is 7.93. The van der Waals surface area contributed by atoms with Crippen LogP contribution in [-0.4, -0.2) is 38.0 Å². The van der Waals surface area contributed by atoms with E-state index in [-0.39, 0.29) is 6.10 Å². The molecule has 1 aromatic rings. The molecule has 0 radical (unpaired) electrons. The molecule has 2 rings (SSSR count). The van der Waals surface area contributed by atoms with E-state index in [1.54, 1.807) is 25.3 Å². The van der Waals surface area contributed by atoms with E-state index in [2.05, 4.69) is 10.6 Å². The van der Waals surface area contributed by atoms with Crippen LogP contribution >= 0.6 is 0 Å². The van der Waals surface area contributed by atoms with E-state index in [9.17, 15) is 4.79 Å². The number of hydrogen-bond donors (Lipinski definition) is 2. The van der Waals surface area contributed by atoms with Crippen molar-refractivity contribution in [1.29, 1.82) is 0 Å². The number of benzene rings is 1. The van der Waals surface area contributed by atoms with Crippen molar-refractivity contribution >= 4 is 11.8 Å². The van der Waals surface area contributed by atoms with Gasteiger partial charge >= 0.3 is 6.09 Å². The van der Waals surface area contributed by atoms with E-state index < -0.39 is 11.7 Å². The van der Waals surface area contributed by atoms with Gasteiger partial charge in [-0.1, -0.05) is 0 Å². The highest BCUT2D eigenvalue weighted by Gasteiger charge is 2.20. The first-order valence-corrected chi connectivity index (χ1v) is 7.93. The van der Waals surface area contributed by atoms with Gasteiger partial charge in [0.2, 0.25) is 0 Å². The van der Waals surface area contributed by atoms with Gasteiger partial charge in [-0.2, -0.15) is 0 Å². The molecule has 0 spiro atoms. The second-order valence-electron chi connectivity index (χ2n) is 6.56. The minimum atomic E-state index is -0.549. The van der Waals surface area contributed by atoms with Gasteiger partial charge in [-0.05, 0) is 58.8 Å². The van der Waals surface area contributed by atoms with E-state index in [0.29, 0.717) is 17.2 Å². The van der Waals surface area contributed by atoms with Crippen LogP contribution in [0.15, 0.2) is 18.2 Å². The monoisotopic (exact) mass is 322 g/mol. The molecule has 6 nitrogen and oxygen atoms in total. The van der Waals surface area contributed by atoms with Crippen molar-refractivity contribution in [2.75, 3.05) is 25.5 Å². The largest absolute Gasteiger partial charge is 0.497 e. The third kappa shape index (κ3) is 5.63. The Morgan fingerprint density at radius 2 is 1.96 bits per heavy atom. The van der Waals surface area contributed by atoms with Crippen molar-refractivity contribution in [3.05, 3.63) is 18.2 Å². The molecule has 0 atom stereocenters. The van der Waals surface area contributed by atoms with Gasteiger partial charge in [-0.15, -0.1) is 0 Å². The summed E-state index contributed by atoms with van der Waals surface area (Å²) >= 11 is 0. The normalized spacial score (nSPS) is 15.8. The fourth-order valence-corrected chi connectivity index (χ4v) is 2.34. The van der Waals surface area contributed by atoms with Crippen molar-refractivity contribution in [3.8, 4) is 11.5 Å². The molecule has 2 N–H and O–H groups in total. The van der Waals surface area contributed by atoms with Crippen LogP contribution in [0, 0.1) is 0 Å². The average Bonchev–Trinajstić information content (AvgIpc) is 2.48. The van der Waals surface area contributed by atoms with Crippen molar-refractivity contribution in [3.63, 3.8) is 0 Å². The van der Waals surface area contributed by atoms with Gasteiger partial charge in [0.25, 0.3) is 0 Å². The molecule has 1 amide bonds. The SMILES string of the molecule is COc1ccc(NC(=O)OC(C)(C)C)c(OC2CCNCC2)c1. The minimum absolute atomic E-state index is 0.127. The lowest BCUT2D eigenvalue weighted by molar-refractivity contribution is 0.0634. The summed E-state index contributed by atoms with van der Waals surface area (Å²) in [7, 11) is 1.60. The molecule has 0 saturated carbocycles. The molecular formula is C17H26N2O4. The number of rotatable bonds is 4. The van der Waals surface area contributed by atoms with Gasteiger partial charge in [0, 0.05) is 6.07 Å². The number of anilines is 1. The van der Waals surface area contributed by atoms with Crippen molar-refractivity contribution < 1.29 is 19.0 Å². The second kappa shape index (κ2) is 7.55. The van der Waals surface area contributed by atoms with Crippen LogP contribution in [0.2, 0.25) is 0 Å². The molecule has 0 bridgehead atoms. The summed E-state index contributed by atoms with van der Waals surface area (Å²) in [6.07, 6.45) is 1.49. The van der Waals surface area contributed by atoms with Crippen molar-refractivity contribution in [1.82, 2.24) is 5.32 Å². The number of carbonyl (C=O) groups excluding carboxylic acids is 1. The molecule has 0 unspecified atom stereocenters. The van der Waals surface area contributed by atoms with E-state index in [1.807, 2.05) is 20.8 Å². The van der Waals surface area contributed by atoms with E-state index >= 15 is 0 Å². The fraction of sp³-hybridized carbons (Fsp3) is 0.588. The van der Waals surface area contributed by atoms with Gasteiger partial charge in [-0.25, -0.2) is 4.79 Å². The highest BCUT2D eigenvalue weighted by molar-refractivity contribution is 5.87. The quantitative estimate of drug-likeness (QED) is 0.891. The van der Waals surface area contributed by atoms with E-state index in [1.165, 1.54) is 0 Å². The lowest BCUT2D eigenvalue weighted by Gasteiger charge is -2.26. The third-order valence-corrected chi connectivity index (χ3v) is 3.40. The molecule has 23 heavy (non-hydrogen) atoms. The molecule has 1 heterocycles. The number of nitrogens with one attached hydrogen (secondary N) is 2. The zero-order chi connectivity index (χ0) is 16.9. The van der Waals surface area contributed by atoms with Gasteiger partial charge in [0.1, 0.15) is 23.2 Å². The predicted octanol–water partition coefficient (Wildman–Crippen LogP) is 3.17. The van der Waals surface area contributed by atoms with Crippen LogP contribution in [-0.2, 0) is 4.74 Å². The predicted molar refractivity (Wildman–Crippen MR) is 89.4 cm³/mol. The molecule has 6 heteroatoms. The Balaban J connectivity index is 2.12. The third-order valence-electron chi connectivity index (χ3n) is 3.40. The van der Waals surface area contributed by atoms with Crippen LogP contribution in [0.4, 0.5) is 10.5 Å². The minimum Gasteiger partial charge on any atom is -0.497 e. The van der Waals surface area contributed by atoms with Crippen LogP contribution in [0.5, 0.6) is 11.5 Å². The Morgan fingerprint density at radius 1 is 1.26 bits per heavy atom. The van der Waals surface area contributed by atoms with Crippen LogP contribution < -0.4 is 20.1 Å². The lowest BCUT2D eigenvalue weighted by Crippen LogP contribution is -2.34. The van der Waals surface area contributed by atoms with E-state index in [4.69, 9.17) is 14.2 Å². The number of amides is 1. The average molecular weight is 322 g/mol. The number of hydrogen-bond acceptors (Lipinski definition) is 5. The number of ether oxygens (including phenoxy) is 3. The molecule has 1 fully saturated rings. The van der Waals surface area contributed by atoms with E-state index in [0.717, 1.165) is 25.9 Å². The standard InChI is InChI=1S/C17H26N2O4/c1-17(2,3)23-16(20)19-14-6-5-13(21-4)11-15(14)22-12-7-9-18-10-8-12/h5-6,11-12,18H,7-10H2,1-4H3,(H,19,20). The Morgan fingerprint density at radius 3 is 2.57 bits per heavy atom. The number of piperidine rings is 1. The summed E-state index contributed by atoms with van der Waals surface area (Å²) in [6, 6.07) is 5.33. The number of carbonyl (C=O) groups is 1. The maximum absolute atomic E-state index is 12.0. The Bertz CT molecular complexity index is 534. The molecule has 0 aliphatic carbocycles. The molecule has 1 aliphatic heterocycles. The summed E-state index contributed by atoms with van der Waals surface area (Å²) in [6.45, 7) is 7.35. The smallest absolute Gasteiger partial charge is 0.412 e. The maximum atomic E-state index is 12.0. The lowest BCUT2D eigenvalue weighted by atomic mass is 10.1. The Labute approximate surface area is 137 Å². The topological polar surface area (TPSA) is 68.8 Å². The highest BCUT2D eigenvalue weighted by Crippen LogP contribution is 2.31. The summed E-state index contributed by atoms with van der Waals surface area (Å²) in [5, 5.41) is 6.05. The maximum Gasteiger partial charge on any atom is 0.412 e. The molecule has 1 aromatic carbocycles. The summed E-state index contributed by atoms with van der Waals surface area (Å²) in [5.41, 5.74) is 0.0330. The molecule has 1 saturated heterocycles. The Kier molecular flexibility index (Phi) is 5.71. The fourth-order valence-electron chi connectivity index (χ4n) is 2.34.